The molecule has 0 bridgehead atoms. The predicted octanol–water partition coefficient (Wildman–Crippen LogP) is 4.15. The molecule has 2 N–H and O–H groups in total. The van der Waals surface area contributed by atoms with Gasteiger partial charge in [0.2, 0.25) is 0 Å². The maximum absolute atomic E-state index is 6.48. The quantitative estimate of drug-likeness (QED) is 0.698. The van der Waals surface area contributed by atoms with E-state index >= 15 is 0 Å². The molecular formula is C22H30N2O. The first-order valence-electron chi connectivity index (χ1n) is 9.43. The monoisotopic (exact) mass is 338 g/mol. The summed E-state index contributed by atoms with van der Waals surface area (Å²) in [4.78, 5) is 2.55. The lowest BCUT2D eigenvalue weighted by Gasteiger charge is -2.48. The molecule has 2 aromatic carbocycles. The van der Waals surface area contributed by atoms with Gasteiger partial charge in [-0.2, -0.15) is 0 Å². The molecule has 1 heterocycles. The van der Waals surface area contributed by atoms with Gasteiger partial charge in [-0.15, -0.1) is 0 Å². The molecule has 1 fully saturated rings. The van der Waals surface area contributed by atoms with Gasteiger partial charge < -0.3 is 10.5 Å². The lowest BCUT2D eigenvalue weighted by atomic mass is 9.89. The maximum Gasteiger partial charge on any atom is 0.0716 e. The summed E-state index contributed by atoms with van der Waals surface area (Å²) >= 11 is 0. The molecule has 3 rings (SSSR count). The van der Waals surface area contributed by atoms with Crippen LogP contribution in [0, 0.1) is 0 Å². The van der Waals surface area contributed by atoms with Gasteiger partial charge in [0, 0.05) is 31.3 Å². The summed E-state index contributed by atoms with van der Waals surface area (Å²) in [5, 5.41) is 0. The third-order valence-electron chi connectivity index (χ3n) is 5.32. The molecule has 0 aromatic heterocycles. The summed E-state index contributed by atoms with van der Waals surface area (Å²) in [5.74, 6) is 0. The minimum atomic E-state index is 0.236. The molecule has 3 heteroatoms. The summed E-state index contributed by atoms with van der Waals surface area (Å²) in [7, 11) is 0. The predicted molar refractivity (Wildman–Crippen MR) is 103 cm³/mol. The topological polar surface area (TPSA) is 38.5 Å². The average Bonchev–Trinajstić information content (AvgIpc) is 2.62. The van der Waals surface area contributed by atoms with Crippen molar-refractivity contribution in [3.8, 4) is 0 Å². The van der Waals surface area contributed by atoms with Crippen LogP contribution in [-0.4, -0.2) is 30.1 Å². The highest BCUT2D eigenvalue weighted by molar-refractivity contribution is 5.19. The molecule has 3 atom stereocenters. The van der Waals surface area contributed by atoms with Crippen LogP contribution in [0.5, 0.6) is 0 Å². The molecule has 3 nitrogen and oxygen atoms in total. The van der Waals surface area contributed by atoms with Crippen LogP contribution in [0.15, 0.2) is 60.7 Å². The summed E-state index contributed by atoms with van der Waals surface area (Å²) in [5.41, 5.74) is 9.09. The molecule has 0 radical (unpaired) electrons. The third kappa shape index (κ3) is 4.91. The van der Waals surface area contributed by atoms with E-state index in [9.17, 15) is 0 Å². The van der Waals surface area contributed by atoms with Crippen molar-refractivity contribution in [2.75, 3.05) is 13.2 Å². The number of nitrogens with two attached hydrogens (primary N) is 1. The van der Waals surface area contributed by atoms with Crippen molar-refractivity contribution in [2.45, 2.75) is 50.9 Å². The highest BCUT2D eigenvalue weighted by Crippen LogP contribution is 2.32. The van der Waals surface area contributed by atoms with Gasteiger partial charge in [-0.25, -0.2) is 0 Å². The first-order valence-corrected chi connectivity index (χ1v) is 9.43. The molecule has 134 valence electrons. The van der Waals surface area contributed by atoms with E-state index in [1.807, 2.05) is 18.2 Å². The van der Waals surface area contributed by atoms with E-state index in [1.165, 1.54) is 17.5 Å². The van der Waals surface area contributed by atoms with Gasteiger partial charge in [0.25, 0.3) is 0 Å². The van der Waals surface area contributed by atoms with Crippen molar-refractivity contribution in [3.05, 3.63) is 71.8 Å². The second-order valence-corrected chi connectivity index (χ2v) is 7.02. The lowest BCUT2D eigenvalue weighted by Crippen LogP contribution is -2.57. The van der Waals surface area contributed by atoms with Gasteiger partial charge in [0.05, 0.1) is 6.61 Å². The largest absolute Gasteiger partial charge is 0.377 e. The highest BCUT2D eigenvalue weighted by atomic mass is 16.5. The Hall–Kier alpha value is -1.68. The normalized spacial score (nSPS) is 20.0. The fraction of sp³-hybridized carbons (Fsp3) is 0.455. The van der Waals surface area contributed by atoms with E-state index in [0.29, 0.717) is 18.7 Å². The number of nitrogens with zero attached hydrogens (tertiary/aromatic N) is 1. The molecule has 1 aliphatic heterocycles. The molecule has 2 aromatic rings. The van der Waals surface area contributed by atoms with Crippen LogP contribution in [0.2, 0.25) is 0 Å². The van der Waals surface area contributed by atoms with Crippen LogP contribution in [0.25, 0.3) is 0 Å². The number of likely N-dealkylation sites (tertiary alicyclic amines) is 1. The Morgan fingerprint density at radius 3 is 2.40 bits per heavy atom. The Morgan fingerprint density at radius 2 is 1.76 bits per heavy atom. The number of ether oxygens (including phenoxy) is 1. The van der Waals surface area contributed by atoms with Crippen molar-refractivity contribution >= 4 is 0 Å². The van der Waals surface area contributed by atoms with E-state index in [-0.39, 0.29) is 6.04 Å². The molecule has 1 aliphatic rings. The Balaban J connectivity index is 1.37. The van der Waals surface area contributed by atoms with E-state index < -0.39 is 0 Å². The van der Waals surface area contributed by atoms with Crippen molar-refractivity contribution in [1.82, 2.24) is 4.90 Å². The van der Waals surface area contributed by atoms with Gasteiger partial charge in [-0.05, 0) is 37.3 Å². The van der Waals surface area contributed by atoms with Gasteiger partial charge in [-0.1, -0.05) is 60.7 Å². The van der Waals surface area contributed by atoms with Gasteiger partial charge in [-0.3, -0.25) is 4.90 Å². The first kappa shape index (κ1) is 18.1. The highest BCUT2D eigenvalue weighted by Gasteiger charge is 2.35. The Kier molecular flexibility index (Phi) is 6.62. The van der Waals surface area contributed by atoms with Crippen molar-refractivity contribution in [1.29, 1.82) is 0 Å². The van der Waals surface area contributed by atoms with Crippen LogP contribution in [0.4, 0.5) is 0 Å². The van der Waals surface area contributed by atoms with E-state index in [0.717, 1.165) is 26.0 Å². The smallest absolute Gasteiger partial charge is 0.0716 e. The molecule has 1 saturated heterocycles. The van der Waals surface area contributed by atoms with E-state index in [2.05, 4.69) is 54.3 Å². The van der Waals surface area contributed by atoms with Crippen molar-refractivity contribution < 1.29 is 4.74 Å². The van der Waals surface area contributed by atoms with Crippen LogP contribution < -0.4 is 5.73 Å². The molecule has 0 unspecified atom stereocenters. The second-order valence-electron chi connectivity index (χ2n) is 7.02. The maximum atomic E-state index is 6.48. The summed E-state index contributed by atoms with van der Waals surface area (Å²) in [6, 6.07) is 22.2. The second kappa shape index (κ2) is 9.14. The summed E-state index contributed by atoms with van der Waals surface area (Å²) in [6.45, 7) is 4.91. The lowest BCUT2D eigenvalue weighted by molar-refractivity contribution is 0.0263. The minimum absolute atomic E-state index is 0.236. The fourth-order valence-electron chi connectivity index (χ4n) is 3.67. The zero-order valence-corrected chi connectivity index (χ0v) is 15.2. The van der Waals surface area contributed by atoms with Crippen molar-refractivity contribution in [2.24, 2.45) is 5.73 Å². The molecule has 0 spiro atoms. The Labute approximate surface area is 151 Å². The van der Waals surface area contributed by atoms with Crippen LogP contribution in [0.3, 0.4) is 0 Å². The number of hydrogen-bond donors (Lipinski definition) is 1. The van der Waals surface area contributed by atoms with Gasteiger partial charge >= 0.3 is 0 Å². The fourth-order valence-corrected chi connectivity index (χ4v) is 3.67. The SMILES string of the molecule is C[C@@H](c1ccccc1)N1CC[C@H]1[C@H](N)CCCOCc1ccccc1. The van der Waals surface area contributed by atoms with E-state index in [4.69, 9.17) is 10.5 Å². The summed E-state index contributed by atoms with van der Waals surface area (Å²) < 4.78 is 5.78. The average molecular weight is 338 g/mol. The number of rotatable bonds is 9. The van der Waals surface area contributed by atoms with Crippen LogP contribution >= 0.6 is 0 Å². The summed E-state index contributed by atoms with van der Waals surface area (Å²) in [6.07, 6.45) is 3.26. The number of hydrogen-bond acceptors (Lipinski definition) is 3. The third-order valence-corrected chi connectivity index (χ3v) is 5.32. The molecule has 0 aliphatic carbocycles. The minimum Gasteiger partial charge on any atom is -0.377 e. The van der Waals surface area contributed by atoms with Crippen molar-refractivity contribution in [3.63, 3.8) is 0 Å². The standard InChI is InChI=1S/C22H30N2O/c1-18(20-11-6-3-7-12-20)24-15-14-22(24)21(23)13-8-16-25-17-19-9-4-2-5-10-19/h2-7,9-12,18,21-22H,8,13-17,23H2,1H3/t18-,21+,22-/m0/s1. The molecular weight excluding hydrogens is 308 g/mol. The first-order chi connectivity index (χ1) is 12.3. The number of benzene rings is 2. The Bertz CT molecular complexity index is 616. The Morgan fingerprint density at radius 1 is 1.08 bits per heavy atom. The molecule has 0 amide bonds. The van der Waals surface area contributed by atoms with Gasteiger partial charge in [0.15, 0.2) is 0 Å². The van der Waals surface area contributed by atoms with E-state index in [1.54, 1.807) is 0 Å². The zero-order valence-electron chi connectivity index (χ0n) is 15.2. The molecule has 0 saturated carbocycles. The van der Waals surface area contributed by atoms with Crippen LogP contribution in [0.1, 0.15) is 43.4 Å². The zero-order chi connectivity index (χ0) is 17.5. The van der Waals surface area contributed by atoms with Gasteiger partial charge in [0.1, 0.15) is 0 Å². The molecule has 25 heavy (non-hydrogen) atoms. The van der Waals surface area contributed by atoms with Crippen LogP contribution in [-0.2, 0) is 11.3 Å².